The van der Waals surface area contributed by atoms with Crippen LogP contribution in [0.25, 0.3) is 17.2 Å². The summed E-state index contributed by atoms with van der Waals surface area (Å²) < 4.78 is 102. The van der Waals surface area contributed by atoms with Crippen molar-refractivity contribution in [2.24, 2.45) is 0 Å². The molecule has 0 N–H and O–H groups in total. The lowest BCUT2D eigenvalue weighted by Gasteiger charge is -2.11. The molecule has 3 aromatic heterocycles. The fourth-order valence-electron chi connectivity index (χ4n) is 2.35. The van der Waals surface area contributed by atoms with Gasteiger partial charge in [0.25, 0.3) is 0 Å². The van der Waals surface area contributed by atoms with Gasteiger partial charge in [0.05, 0.1) is 28.1 Å². The van der Waals surface area contributed by atoms with Crippen molar-refractivity contribution in [1.82, 2.24) is 24.7 Å². The number of nitrogens with zero attached hydrogens (tertiary/aromatic N) is 5. The van der Waals surface area contributed by atoms with Crippen LogP contribution >= 0.6 is 0 Å². The number of hydrogen-bond acceptors (Lipinski definition) is 6. The molecule has 0 unspecified atom stereocenters. The van der Waals surface area contributed by atoms with Crippen molar-refractivity contribution < 1.29 is 34.8 Å². The molecule has 0 spiro atoms. The molecule has 0 amide bonds. The van der Waals surface area contributed by atoms with E-state index in [0.29, 0.717) is 18.3 Å². The number of sulfone groups is 1. The normalized spacial score (nSPS) is 12.9. The van der Waals surface area contributed by atoms with Crippen LogP contribution in [-0.4, -0.2) is 38.9 Å². The van der Waals surface area contributed by atoms with E-state index in [4.69, 9.17) is 0 Å². The highest BCUT2D eigenvalue weighted by Crippen LogP contribution is 2.33. The fraction of sp³-hybridized carbons (Fsp3) is 0.250. The summed E-state index contributed by atoms with van der Waals surface area (Å²) >= 11 is 0. The zero-order valence-corrected chi connectivity index (χ0v) is 15.7. The summed E-state index contributed by atoms with van der Waals surface area (Å²) in [6.07, 6.45) is -7.10. The largest absolute Gasteiger partial charge is 0.433 e. The first kappa shape index (κ1) is 21.7. The van der Waals surface area contributed by atoms with E-state index in [1.54, 1.807) is 0 Å². The van der Waals surface area contributed by atoms with Crippen LogP contribution < -0.4 is 0 Å². The summed E-state index contributed by atoms with van der Waals surface area (Å²) in [5.74, 6) is -0.817. The van der Waals surface area contributed by atoms with Crippen LogP contribution in [0.15, 0.2) is 41.8 Å². The summed E-state index contributed by atoms with van der Waals surface area (Å²) in [5, 5.41) is 3.92. The summed E-state index contributed by atoms with van der Waals surface area (Å²) in [6, 6.07) is 2.21. The summed E-state index contributed by atoms with van der Waals surface area (Å²) in [5.41, 5.74) is -2.74. The van der Waals surface area contributed by atoms with Crippen molar-refractivity contribution in [2.45, 2.75) is 24.2 Å². The van der Waals surface area contributed by atoms with Crippen molar-refractivity contribution in [3.8, 4) is 17.2 Å². The van der Waals surface area contributed by atoms with Crippen LogP contribution in [-0.2, 0) is 22.2 Å². The molecule has 30 heavy (non-hydrogen) atoms. The Hall–Kier alpha value is -3.03. The van der Waals surface area contributed by atoms with Gasteiger partial charge in [-0.05, 0) is 18.2 Å². The Kier molecular flexibility index (Phi) is 5.30. The van der Waals surface area contributed by atoms with E-state index < -0.39 is 49.8 Å². The third-order valence-corrected chi connectivity index (χ3v) is 5.64. The molecule has 14 heteroatoms. The van der Waals surface area contributed by atoms with E-state index in [9.17, 15) is 34.8 Å². The van der Waals surface area contributed by atoms with Crippen molar-refractivity contribution in [3.63, 3.8) is 0 Å². The molecule has 0 saturated carbocycles. The molecule has 0 aliphatic rings. The number of pyridine rings is 2. The molecule has 0 aliphatic carbocycles. The van der Waals surface area contributed by atoms with E-state index >= 15 is 0 Å². The number of hydrogen-bond donors (Lipinski definition) is 0. The van der Waals surface area contributed by atoms with Gasteiger partial charge in [0.15, 0.2) is 9.84 Å². The maximum Gasteiger partial charge on any atom is 0.433 e. The molecule has 0 fully saturated rings. The first-order chi connectivity index (χ1) is 13.8. The Morgan fingerprint density at radius 3 is 2.20 bits per heavy atom. The quantitative estimate of drug-likeness (QED) is 0.564. The van der Waals surface area contributed by atoms with Gasteiger partial charge in [-0.1, -0.05) is 6.92 Å². The summed E-state index contributed by atoms with van der Waals surface area (Å²) in [4.78, 5) is 9.97. The maximum atomic E-state index is 13.0. The molecule has 0 aromatic carbocycles. The van der Waals surface area contributed by atoms with Crippen LogP contribution in [0.5, 0.6) is 0 Å². The minimum absolute atomic E-state index is 0.0635. The first-order valence-electron chi connectivity index (χ1n) is 8.08. The SMILES string of the molecule is CCS(=O)(=O)c1cc(C(F)(F)F)cnc1-c1ncn(-c2ccc(C(F)(F)F)nc2)n1. The molecule has 3 rings (SSSR count). The molecular formula is C16H11F6N5O2S. The fourth-order valence-corrected chi connectivity index (χ4v) is 3.40. The Balaban J connectivity index is 2.06. The Morgan fingerprint density at radius 2 is 1.67 bits per heavy atom. The smallest absolute Gasteiger partial charge is 0.251 e. The molecule has 7 nitrogen and oxygen atoms in total. The average Bonchev–Trinajstić information content (AvgIpc) is 3.16. The van der Waals surface area contributed by atoms with Gasteiger partial charge in [0, 0.05) is 6.20 Å². The number of rotatable bonds is 4. The number of aromatic nitrogens is 5. The summed E-state index contributed by atoms with van der Waals surface area (Å²) in [6.45, 7) is 1.25. The lowest BCUT2D eigenvalue weighted by Crippen LogP contribution is -2.12. The van der Waals surface area contributed by atoms with E-state index in [1.807, 2.05) is 0 Å². The van der Waals surface area contributed by atoms with Crippen molar-refractivity contribution in [2.75, 3.05) is 5.75 Å². The molecule has 0 atom stereocenters. The highest BCUT2D eigenvalue weighted by Gasteiger charge is 2.34. The Bertz CT molecular complexity index is 1170. The second kappa shape index (κ2) is 7.34. The number of halogens is 6. The average molecular weight is 451 g/mol. The predicted octanol–water partition coefficient (Wildman–Crippen LogP) is 3.56. The predicted molar refractivity (Wildman–Crippen MR) is 90.1 cm³/mol. The van der Waals surface area contributed by atoms with Crippen LogP contribution in [0, 0.1) is 0 Å². The van der Waals surface area contributed by atoms with Crippen LogP contribution in [0.1, 0.15) is 18.2 Å². The summed E-state index contributed by atoms with van der Waals surface area (Å²) in [7, 11) is -4.13. The van der Waals surface area contributed by atoms with E-state index in [1.165, 1.54) is 6.92 Å². The first-order valence-corrected chi connectivity index (χ1v) is 9.74. The topological polar surface area (TPSA) is 90.6 Å². The van der Waals surface area contributed by atoms with E-state index in [0.717, 1.165) is 23.3 Å². The molecule has 3 heterocycles. The van der Waals surface area contributed by atoms with Crippen LogP contribution in [0.3, 0.4) is 0 Å². The third-order valence-electron chi connectivity index (χ3n) is 3.90. The standard InChI is InChI=1S/C16H11F6N5O2S/c1-2-30(28,29)11-5-9(15(17,18)19)6-24-13(11)14-25-8-27(26-14)10-3-4-12(23-7-10)16(20,21)22/h3-8H,2H2,1H3. The Morgan fingerprint density at radius 1 is 0.967 bits per heavy atom. The van der Waals surface area contributed by atoms with Gasteiger partial charge in [-0.25, -0.2) is 23.1 Å². The molecule has 3 aromatic rings. The minimum atomic E-state index is -4.82. The zero-order valence-electron chi connectivity index (χ0n) is 14.9. The van der Waals surface area contributed by atoms with Gasteiger partial charge in [-0.15, -0.1) is 5.10 Å². The molecule has 0 radical (unpaired) electrons. The minimum Gasteiger partial charge on any atom is -0.251 e. The van der Waals surface area contributed by atoms with Gasteiger partial charge >= 0.3 is 12.4 Å². The van der Waals surface area contributed by atoms with Crippen molar-refractivity contribution >= 4 is 9.84 Å². The van der Waals surface area contributed by atoms with Crippen molar-refractivity contribution in [3.05, 3.63) is 48.2 Å². The van der Waals surface area contributed by atoms with E-state index in [2.05, 4.69) is 20.1 Å². The monoisotopic (exact) mass is 451 g/mol. The molecule has 0 bridgehead atoms. The van der Waals surface area contributed by atoms with Gasteiger partial charge in [0.2, 0.25) is 5.82 Å². The zero-order chi connectivity index (χ0) is 22.3. The van der Waals surface area contributed by atoms with Crippen molar-refractivity contribution in [1.29, 1.82) is 0 Å². The van der Waals surface area contributed by atoms with Crippen LogP contribution in [0.4, 0.5) is 26.3 Å². The highest BCUT2D eigenvalue weighted by molar-refractivity contribution is 7.91. The van der Waals surface area contributed by atoms with Gasteiger partial charge in [0.1, 0.15) is 17.7 Å². The Labute approximate surface area is 165 Å². The highest BCUT2D eigenvalue weighted by atomic mass is 32.2. The molecule has 0 aliphatic heterocycles. The lowest BCUT2D eigenvalue weighted by atomic mass is 10.2. The lowest BCUT2D eigenvalue weighted by molar-refractivity contribution is -0.141. The molecule has 0 saturated heterocycles. The third kappa shape index (κ3) is 4.27. The second-order valence-corrected chi connectivity index (χ2v) is 8.13. The van der Waals surface area contributed by atoms with Gasteiger partial charge < -0.3 is 0 Å². The maximum absolute atomic E-state index is 13.0. The molecular weight excluding hydrogens is 440 g/mol. The van der Waals surface area contributed by atoms with Gasteiger partial charge in [-0.3, -0.25) is 4.98 Å². The van der Waals surface area contributed by atoms with Crippen LogP contribution in [0.2, 0.25) is 0 Å². The van der Waals surface area contributed by atoms with E-state index in [-0.39, 0.29) is 11.5 Å². The molecule has 160 valence electrons. The van der Waals surface area contributed by atoms with Gasteiger partial charge in [-0.2, -0.15) is 26.3 Å². The number of alkyl halides is 6. The second-order valence-electron chi connectivity index (χ2n) is 5.88.